The first-order valence-electron chi connectivity index (χ1n) is 6.42. The number of hydrogen-bond donors (Lipinski definition) is 2. The lowest BCUT2D eigenvalue weighted by atomic mass is 10.2. The maximum Gasteiger partial charge on any atom is 0.220 e. The average Bonchev–Trinajstić information content (AvgIpc) is 2.36. The molecule has 2 atom stereocenters. The molecule has 5 heteroatoms. The quantitative estimate of drug-likeness (QED) is 0.747. The highest BCUT2D eigenvalue weighted by atomic mass is 79.9. The van der Waals surface area contributed by atoms with Crippen LogP contribution in [0.3, 0.4) is 0 Å². The van der Waals surface area contributed by atoms with Crippen molar-refractivity contribution in [2.45, 2.75) is 42.9 Å². The Morgan fingerprint density at radius 3 is 2.58 bits per heavy atom. The zero-order valence-electron chi connectivity index (χ0n) is 11.4. The minimum Gasteiger partial charge on any atom is -0.355 e. The van der Waals surface area contributed by atoms with Crippen molar-refractivity contribution in [2.75, 3.05) is 6.54 Å². The van der Waals surface area contributed by atoms with Crippen LogP contribution in [-0.4, -0.2) is 23.7 Å². The summed E-state index contributed by atoms with van der Waals surface area (Å²) in [5, 5.41) is 3.29. The van der Waals surface area contributed by atoms with Crippen LogP contribution in [0, 0.1) is 0 Å². The van der Waals surface area contributed by atoms with Crippen molar-refractivity contribution in [3.05, 3.63) is 28.7 Å². The van der Waals surface area contributed by atoms with Crippen molar-refractivity contribution < 1.29 is 4.79 Å². The molecule has 2 unspecified atom stereocenters. The van der Waals surface area contributed by atoms with Crippen LogP contribution in [-0.2, 0) is 4.79 Å². The predicted octanol–water partition coefficient (Wildman–Crippen LogP) is 3.17. The van der Waals surface area contributed by atoms with E-state index in [0.717, 1.165) is 10.9 Å². The van der Waals surface area contributed by atoms with Crippen molar-refractivity contribution in [3.63, 3.8) is 0 Å². The number of nitrogens with two attached hydrogens (primary N) is 1. The number of amides is 1. The third-order valence-electron chi connectivity index (χ3n) is 2.56. The van der Waals surface area contributed by atoms with Gasteiger partial charge < -0.3 is 11.1 Å². The van der Waals surface area contributed by atoms with Crippen LogP contribution in [0.25, 0.3) is 0 Å². The maximum atomic E-state index is 11.6. The molecule has 0 aliphatic carbocycles. The van der Waals surface area contributed by atoms with E-state index < -0.39 is 0 Å². The summed E-state index contributed by atoms with van der Waals surface area (Å²) in [5.41, 5.74) is 5.62. The molecular weight excluding hydrogens is 324 g/mol. The zero-order valence-corrected chi connectivity index (χ0v) is 13.8. The molecule has 106 valence electrons. The minimum absolute atomic E-state index is 0.0836. The fourth-order valence-electron chi connectivity index (χ4n) is 1.49. The van der Waals surface area contributed by atoms with Crippen molar-refractivity contribution in [1.82, 2.24) is 5.32 Å². The molecule has 0 aromatic heterocycles. The molecule has 0 saturated carbocycles. The largest absolute Gasteiger partial charge is 0.355 e. The van der Waals surface area contributed by atoms with E-state index in [9.17, 15) is 4.79 Å². The molecule has 0 aliphatic heterocycles. The second kappa shape index (κ2) is 8.61. The number of thioether (sulfide) groups is 1. The van der Waals surface area contributed by atoms with Gasteiger partial charge in [-0.05, 0) is 37.6 Å². The first-order chi connectivity index (χ1) is 8.97. The summed E-state index contributed by atoms with van der Waals surface area (Å²) in [7, 11) is 0. The van der Waals surface area contributed by atoms with Gasteiger partial charge in [0.2, 0.25) is 5.91 Å². The Morgan fingerprint density at radius 1 is 1.37 bits per heavy atom. The van der Waals surface area contributed by atoms with Crippen LogP contribution in [0.15, 0.2) is 33.6 Å². The Hall–Kier alpha value is -0.520. The molecule has 0 fully saturated rings. The summed E-state index contributed by atoms with van der Waals surface area (Å²) >= 11 is 5.17. The fourth-order valence-corrected chi connectivity index (χ4v) is 2.68. The molecule has 3 N–H and O–H groups in total. The summed E-state index contributed by atoms with van der Waals surface area (Å²) in [6, 6.07) is 8.28. The van der Waals surface area contributed by atoms with E-state index in [0.29, 0.717) is 18.2 Å². The molecule has 0 saturated heterocycles. The SMILES string of the molecule is CC(N)CCC(=O)NCC(C)Sc1ccc(Br)cc1. The first-order valence-corrected chi connectivity index (χ1v) is 8.09. The first kappa shape index (κ1) is 16.5. The minimum atomic E-state index is 0.0836. The molecular formula is C14H21BrN2OS. The van der Waals surface area contributed by atoms with Gasteiger partial charge in [0.25, 0.3) is 0 Å². The summed E-state index contributed by atoms with van der Waals surface area (Å²) in [6.07, 6.45) is 1.24. The van der Waals surface area contributed by atoms with Crippen LogP contribution in [0.1, 0.15) is 26.7 Å². The lowest BCUT2D eigenvalue weighted by Crippen LogP contribution is -2.30. The number of carbonyl (C=O) groups is 1. The van der Waals surface area contributed by atoms with Gasteiger partial charge in [-0.1, -0.05) is 22.9 Å². The van der Waals surface area contributed by atoms with Crippen LogP contribution in [0.2, 0.25) is 0 Å². The van der Waals surface area contributed by atoms with Gasteiger partial charge >= 0.3 is 0 Å². The van der Waals surface area contributed by atoms with E-state index in [1.807, 2.05) is 19.1 Å². The Morgan fingerprint density at radius 2 is 2.00 bits per heavy atom. The van der Waals surface area contributed by atoms with Gasteiger partial charge in [-0.25, -0.2) is 0 Å². The zero-order chi connectivity index (χ0) is 14.3. The fraction of sp³-hybridized carbons (Fsp3) is 0.500. The second-order valence-corrected chi connectivity index (χ2v) is 7.13. The summed E-state index contributed by atoms with van der Waals surface area (Å²) in [5.74, 6) is 0.0838. The molecule has 1 aromatic carbocycles. The smallest absolute Gasteiger partial charge is 0.220 e. The molecule has 0 bridgehead atoms. The number of nitrogens with one attached hydrogen (secondary N) is 1. The molecule has 0 aliphatic rings. The predicted molar refractivity (Wildman–Crippen MR) is 85.4 cm³/mol. The summed E-state index contributed by atoms with van der Waals surface area (Å²) in [4.78, 5) is 12.8. The lowest BCUT2D eigenvalue weighted by molar-refractivity contribution is -0.121. The van der Waals surface area contributed by atoms with Gasteiger partial charge in [0.1, 0.15) is 0 Å². The Labute approximate surface area is 127 Å². The van der Waals surface area contributed by atoms with Crippen LogP contribution in [0.4, 0.5) is 0 Å². The Balaban J connectivity index is 2.25. The van der Waals surface area contributed by atoms with Crippen molar-refractivity contribution >= 4 is 33.6 Å². The highest BCUT2D eigenvalue weighted by Crippen LogP contribution is 2.24. The number of halogens is 1. The lowest BCUT2D eigenvalue weighted by Gasteiger charge is -2.13. The van der Waals surface area contributed by atoms with E-state index in [4.69, 9.17) is 5.73 Å². The van der Waals surface area contributed by atoms with E-state index >= 15 is 0 Å². The summed E-state index contributed by atoms with van der Waals surface area (Å²) < 4.78 is 1.08. The van der Waals surface area contributed by atoms with Gasteiger partial charge in [0.15, 0.2) is 0 Å². The Kier molecular flexibility index (Phi) is 7.49. The number of benzene rings is 1. The molecule has 19 heavy (non-hydrogen) atoms. The summed E-state index contributed by atoms with van der Waals surface area (Å²) in [6.45, 7) is 4.70. The van der Waals surface area contributed by atoms with Crippen molar-refractivity contribution in [1.29, 1.82) is 0 Å². The average molecular weight is 345 g/mol. The maximum absolute atomic E-state index is 11.6. The second-order valence-electron chi connectivity index (χ2n) is 4.70. The van der Waals surface area contributed by atoms with E-state index in [-0.39, 0.29) is 11.9 Å². The highest BCUT2D eigenvalue weighted by Gasteiger charge is 2.08. The van der Waals surface area contributed by atoms with Gasteiger partial charge in [0, 0.05) is 33.6 Å². The van der Waals surface area contributed by atoms with Gasteiger partial charge in [0.05, 0.1) is 0 Å². The third kappa shape index (κ3) is 7.60. The molecule has 1 rings (SSSR count). The topological polar surface area (TPSA) is 55.1 Å². The number of carbonyl (C=O) groups excluding carboxylic acids is 1. The van der Waals surface area contributed by atoms with Crippen LogP contribution in [0.5, 0.6) is 0 Å². The normalized spacial score (nSPS) is 13.9. The van der Waals surface area contributed by atoms with Crippen LogP contribution >= 0.6 is 27.7 Å². The number of hydrogen-bond acceptors (Lipinski definition) is 3. The standard InChI is InChI=1S/C14H21BrN2OS/c1-10(16)3-8-14(18)17-9-11(2)19-13-6-4-12(15)5-7-13/h4-7,10-11H,3,8-9,16H2,1-2H3,(H,17,18). The van der Waals surface area contributed by atoms with Gasteiger partial charge in [-0.2, -0.15) is 0 Å². The molecule has 0 radical (unpaired) electrons. The van der Waals surface area contributed by atoms with Crippen molar-refractivity contribution in [2.24, 2.45) is 5.73 Å². The molecule has 0 heterocycles. The molecule has 3 nitrogen and oxygen atoms in total. The number of rotatable bonds is 7. The van der Waals surface area contributed by atoms with Crippen LogP contribution < -0.4 is 11.1 Å². The monoisotopic (exact) mass is 344 g/mol. The van der Waals surface area contributed by atoms with E-state index in [2.05, 4.69) is 40.3 Å². The molecule has 1 aromatic rings. The Bertz CT molecular complexity index is 395. The van der Waals surface area contributed by atoms with Gasteiger partial charge in [-0.15, -0.1) is 11.8 Å². The highest BCUT2D eigenvalue weighted by molar-refractivity contribution is 9.10. The molecule has 0 spiro atoms. The van der Waals surface area contributed by atoms with E-state index in [1.165, 1.54) is 4.90 Å². The third-order valence-corrected chi connectivity index (χ3v) is 4.21. The molecule has 1 amide bonds. The van der Waals surface area contributed by atoms with E-state index in [1.54, 1.807) is 11.8 Å². The van der Waals surface area contributed by atoms with Crippen molar-refractivity contribution in [3.8, 4) is 0 Å². The van der Waals surface area contributed by atoms with Gasteiger partial charge in [-0.3, -0.25) is 4.79 Å².